The van der Waals surface area contributed by atoms with Gasteiger partial charge in [0.15, 0.2) is 0 Å². The van der Waals surface area contributed by atoms with Crippen LogP contribution in [0.25, 0.3) is 0 Å². The number of nitrogens with two attached hydrogens (primary N) is 1. The topological polar surface area (TPSA) is 83.6 Å². The zero-order valence-electron chi connectivity index (χ0n) is 12.1. The van der Waals surface area contributed by atoms with Gasteiger partial charge in [-0.05, 0) is 26.0 Å². The lowest BCUT2D eigenvalue weighted by atomic mass is 10.1. The first-order chi connectivity index (χ1) is 9.49. The van der Waals surface area contributed by atoms with Crippen LogP contribution in [0.15, 0.2) is 23.1 Å². The third kappa shape index (κ3) is 4.62. The summed E-state index contributed by atoms with van der Waals surface area (Å²) >= 11 is 10.9. The van der Waals surface area contributed by atoms with E-state index in [9.17, 15) is 13.5 Å². The molecule has 0 saturated heterocycles. The van der Waals surface area contributed by atoms with Gasteiger partial charge in [0.05, 0.1) is 10.6 Å². The van der Waals surface area contributed by atoms with E-state index in [1.165, 1.54) is 22.5 Å². The number of halogens is 1. The average molecular weight is 351 g/mol. The third-order valence-electron chi connectivity index (χ3n) is 2.75. The van der Waals surface area contributed by atoms with E-state index >= 15 is 0 Å². The zero-order chi connectivity index (χ0) is 16.4. The first-order valence-corrected chi connectivity index (χ1v) is 8.53. The van der Waals surface area contributed by atoms with Crippen LogP contribution in [0.3, 0.4) is 0 Å². The van der Waals surface area contributed by atoms with Crippen molar-refractivity contribution in [2.24, 2.45) is 5.73 Å². The number of sulfonamides is 1. The molecule has 0 unspecified atom stereocenters. The smallest absolute Gasteiger partial charge is 0.244 e. The number of likely N-dealkylation sites (N-methyl/N-ethyl adjacent to an activating group) is 1. The molecule has 0 bridgehead atoms. The third-order valence-corrected chi connectivity index (χ3v) is 5.39. The summed E-state index contributed by atoms with van der Waals surface area (Å²) in [6, 6.07) is 4.31. The van der Waals surface area contributed by atoms with E-state index in [-0.39, 0.29) is 28.0 Å². The standard InChI is InChI=1S/C13H19ClN2O3S2/c1-4-16(8-13(2,3)17)21(18,19)11-6-5-9(12(15)20)7-10(11)14/h5-7,17H,4,8H2,1-3H3,(H2,15,20). The van der Waals surface area contributed by atoms with E-state index in [0.29, 0.717) is 5.56 Å². The second kappa shape index (κ2) is 6.58. The summed E-state index contributed by atoms with van der Waals surface area (Å²) < 4.78 is 26.4. The Morgan fingerprint density at radius 1 is 1.48 bits per heavy atom. The maximum Gasteiger partial charge on any atom is 0.244 e. The van der Waals surface area contributed by atoms with Gasteiger partial charge in [-0.1, -0.05) is 36.8 Å². The highest BCUT2D eigenvalue weighted by molar-refractivity contribution is 7.89. The Hall–Kier alpha value is -0.730. The minimum absolute atomic E-state index is 0.0286. The van der Waals surface area contributed by atoms with Crippen LogP contribution in [0.4, 0.5) is 0 Å². The fraction of sp³-hybridized carbons (Fsp3) is 0.462. The van der Waals surface area contributed by atoms with Gasteiger partial charge < -0.3 is 10.8 Å². The van der Waals surface area contributed by atoms with Crippen molar-refractivity contribution in [1.82, 2.24) is 4.31 Å². The number of hydrogen-bond donors (Lipinski definition) is 2. The predicted octanol–water partition coefficient (Wildman–Crippen LogP) is 1.76. The van der Waals surface area contributed by atoms with Crippen molar-refractivity contribution < 1.29 is 13.5 Å². The molecular weight excluding hydrogens is 332 g/mol. The fourth-order valence-corrected chi connectivity index (χ4v) is 4.05. The van der Waals surface area contributed by atoms with Gasteiger partial charge in [0, 0.05) is 18.7 Å². The van der Waals surface area contributed by atoms with E-state index in [1.807, 2.05) is 0 Å². The predicted molar refractivity (Wildman–Crippen MR) is 88.1 cm³/mol. The molecule has 0 amide bonds. The van der Waals surface area contributed by atoms with Crippen LogP contribution >= 0.6 is 23.8 Å². The lowest BCUT2D eigenvalue weighted by Gasteiger charge is -2.27. The Labute approximate surface area is 135 Å². The monoisotopic (exact) mass is 350 g/mol. The molecule has 1 aromatic rings. The van der Waals surface area contributed by atoms with Gasteiger partial charge in [0.25, 0.3) is 0 Å². The average Bonchev–Trinajstić information content (AvgIpc) is 2.34. The molecule has 118 valence electrons. The Morgan fingerprint density at radius 3 is 2.43 bits per heavy atom. The highest BCUT2D eigenvalue weighted by Crippen LogP contribution is 2.26. The molecule has 21 heavy (non-hydrogen) atoms. The van der Waals surface area contributed by atoms with Crippen LogP contribution in [-0.2, 0) is 10.0 Å². The summed E-state index contributed by atoms with van der Waals surface area (Å²) in [5.74, 6) is 0. The molecule has 0 aliphatic carbocycles. The van der Waals surface area contributed by atoms with E-state index in [0.717, 1.165) is 0 Å². The maximum atomic E-state index is 12.6. The second-order valence-electron chi connectivity index (χ2n) is 5.25. The molecule has 0 aromatic heterocycles. The summed E-state index contributed by atoms with van der Waals surface area (Å²) in [5, 5.41) is 9.89. The van der Waals surface area contributed by atoms with Gasteiger partial charge in [0.2, 0.25) is 10.0 Å². The molecule has 0 aliphatic rings. The Balaban J connectivity index is 3.26. The molecule has 8 heteroatoms. The lowest BCUT2D eigenvalue weighted by Crippen LogP contribution is -2.42. The normalized spacial score (nSPS) is 12.7. The van der Waals surface area contributed by atoms with E-state index in [4.69, 9.17) is 29.6 Å². The number of hydrogen-bond acceptors (Lipinski definition) is 4. The van der Waals surface area contributed by atoms with Crippen molar-refractivity contribution in [3.8, 4) is 0 Å². The van der Waals surface area contributed by atoms with E-state index < -0.39 is 15.6 Å². The molecule has 0 fully saturated rings. The summed E-state index contributed by atoms with van der Waals surface area (Å²) in [6.45, 7) is 4.98. The summed E-state index contributed by atoms with van der Waals surface area (Å²) in [4.78, 5) is 0.111. The first-order valence-electron chi connectivity index (χ1n) is 6.31. The van der Waals surface area contributed by atoms with Crippen LogP contribution < -0.4 is 5.73 Å². The van der Waals surface area contributed by atoms with Crippen LogP contribution in [0.1, 0.15) is 26.3 Å². The SMILES string of the molecule is CCN(CC(C)(C)O)S(=O)(=O)c1ccc(C(N)=S)cc1Cl. The molecule has 3 N–H and O–H groups in total. The molecule has 1 rings (SSSR count). The fourth-order valence-electron chi connectivity index (χ4n) is 1.80. The number of benzene rings is 1. The van der Waals surface area contributed by atoms with E-state index in [1.54, 1.807) is 20.8 Å². The van der Waals surface area contributed by atoms with Crippen molar-refractivity contribution in [3.05, 3.63) is 28.8 Å². The minimum atomic E-state index is -3.80. The van der Waals surface area contributed by atoms with Gasteiger partial charge in [-0.15, -0.1) is 0 Å². The molecule has 0 heterocycles. The number of thiocarbonyl (C=S) groups is 1. The number of aliphatic hydroxyl groups is 1. The molecule has 0 aliphatic heterocycles. The van der Waals surface area contributed by atoms with Gasteiger partial charge >= 0.3 is 0 Å². The van der Waals surface area contributed by atoms with Crippen LogP contribution in [0.5, 0.6) is 0 Å². The van der Waals surface area contributed by atoms with Crippen LogP contribution in [0, 0.1) is 0 Å². The summed E-state index contributed by atoms with van der Waals surface area (Å²) in [6.07, 6.45) is 0. The highest BCUT2D eigenvalue weighted by Gasteiger charge is 2.30. The van der Waals surface area contributed by atoms with Gasteiger partial charge in [0.1, 0.15) is 9.88 Å². The molecular formula is C13H19ClN2O3S2. The second-order valence-corrected chi connectivity index (χ2v) is 8.01. The molecule has 0 radical (unpaired) electrons. The van der Waals surface area contributed by atoms with E-state index in [2.05, 4.69) is 0 Å². The van der Waals surface area contributed by atoms with Crippen LogP contribution in [-0.4, -0.2) is 41.5 Å². The quantitative estimate of drug-likeness (QED) is 0.764. The Morgan fingerprint density at radius 2 is 2.05 bits per heavy atom. The first kappa shape index (κ1) is 18.3. The molecule has 5 nitrogen and oxygen atoms in total. The highest BCUT2D eigenvalue weighted by atomic mass is 35.5. The molecule has 0 atom stereocenters. The number of rotatable bonds is 6. The van der Waals surface area contributed by atoms with Gasteiger partial charge in [-0.2, -0.15) is 4.31 Å². The van der Waals surface area contributed by atoms with Crippen molar-refractivity contribution in [2.45, 2.75) is 31.3 Å². The van der Waals surface area contributed by atoms with Crippen LogP contribution in [0.2, 0.25) is 5.02 Å². The molecule has 0 saturated carbocycles. The van der Waals surface area contributed by atoms with Gasteiger partial charge in [-0.3, -0.25) is 0 Å². The van der Waals surface area contributed by atoms with Crippen molar-refractivity contribution in [2.75, 3.05) is 13.1 Å². The molecule has 0 spiro atoms. The Bertz CT molecular complexity index is 639. The minimum Gasteiger partial charge on any atom is -0.389 e. The zero-order valence-corrected chi connectivity index (χ0v) is 14.5. The lowest BCUT2D eigenvalue weighted by molar-refractivity contribution is 0.0601. The number of nitrogens with zero attached hydrogens (tertiary/aromatic N) is 1. The van der Waals surface area contributed by atoms with Crippen molar-refractivity contribution >= 4 is 38.8 Å². The van der Waals surface area contributed by atoms with Crippen molar-refractivity contribution in [1.29, 1.82) is 0 Å². The van der Waals surface area contributed by atoms with Crippen molar-refractivity contribution in [3.63, 3.8) is 0 Å². The Kier molecular flexibility index (Phi) is 5.74. The largest absolute Gasteiger partial charge is 0.389 e. The summed E-state index contributed by atoms with van der Waals surface area (Å²) in [5.41, 5.74) is 4.85. The maximum absolute atomic E-state index is 12.6. The summed E-state index contributed by atoms with van der Waals surface area (Å²) in [7, 11) is -3.80. The molecule has 1 aromatic carbocycles. The van der Waals surface area contributed by atoms with Gasteiger partial charge in [-0.25, -0.2) is 8.42 Å².